The van der Waals surface area contributed by atoms with Gasteiger partial charge in [0.05, 0.1) is 19.8 Å². The molecular weight excluding hydrogens is 432 g/mol. The molecule has 1 heterocycles. The maximum absolute atomic E-state index is 13.0. The minimum absolute atomic E-state index is 0.156. The molecule has 0 fully saturated rings. The number of nitrogens with zero attached hydrogens (tertiary/aromatic N) is 1. The van der Waals surface area contributed by atoms with Gasteiger partial charge in [-0.3, -0.25) is 9.78 Å². The van der Waals surface area contributed by atoms with Crippen LogP contribution in [0.5, 0.6) is 17.2 Å². The molecule has 2 aromatic carbocycles. The third kappa shape index (κ3) is 6.48. The number of hydrogen-bond acceptors (Lipinski definition) is 6. The van der Waals surface area contributed by atoms with Crippen molar-refractivity contribution in [3.05, 3.63) is 82.7 Å². The maximum Gasteiger partial charge on any atom is 0.251 e. The van der Waals surface area contributed by atoms with Gasteiger partial charge >= 0.3 is 0 Å². The van der Waals surface area contributed by atoms with Crippen molar-refractivity contribution in [2.24, 2.45) is 0 Å². The van der Waals surface area contributed by atoms with Gasteiger partial charge in [0.25, 0.3) is 5.91 Å². The van der Waals surface area contributed by atoms with Crippen LogP contribution in [0.1, 0.15) is 45.6 Å². The lowest BCUT2D eigenvalue weighted by Gasteiger charge is -2.18. The average molecular weight is 465 g/mol. The Bertz CT molecular complexity index is 1080. The van der Waals surface area contributed by atoms with E-state index in [9.17, 15) is 4.79 Å². The summed E-state index contributed by atoms with van der Waals surface area (Å²) in [5, 5.41) is 3.06. The predicted octanol–water partition coefficient (Wildman–Crippen LogP) is 4.80. The lowest BCUT2D eigenvalue weighted by molar-refractivity contribution is 0.0939. The van der Waals surface area contributed by atoms with Crippen molar-refractivity contribution in [3.63, 3.8) is 0 Å². The van der Waals surface area contributed by atoms with Gasteiger partial charge in [0.1, 0.15) is 19.0 Å². The molecule has 1 unspecified atom stereocenters. The number of ether oxygens (including phenoxy) is 4. The molecule has 7 nitrogen and oxygen atoms in total. The second-order valence-electron chi connectivity index (χ2n) is 8.04. The molecule has 1 atom stereocenters. The normalized spacial score (nSPS) is 11.6. The molecule has 1 aromatic heterocycles. The fourth-order valence-electron chi connectivity index (χ4n) is 3.62. The van der Waals surface area contributed by atoms with Crippen molar-refractivity contribution in [2.45, 2.75) is 33.4 Å². The second kappa shape index (κ2) is 12.0. The van der Waals surface area contributed by atoms with E-state index in [1.807, 2.05) is 63.2 Å². The summed E-state index contributed by atoms with van der Waals surface area (Å²) in [6.07, 6.45) is 3.51. The van der Waals surface area contributed by atoms with Crippen LogP contribution < -0.4 is 19.5 Å². The molecule has 0 aliphatic carbocycles. The van der Waals surface area contributed by atoms with E-state index in [2.05, 4.69) is 10.3 Å². The van der Waals surface area contributed by atoms with Crippen LogP contribution in [0.4, 0.5) is 0 Å². The summed E-state index contributed by atoms with van der Waals surface area (Å²) in [4.78, 5) is 17.1. The van der Waals surface area contributed by atoms with Crippen molar-refractivity contribution >= 4 is 5.91 Å². The predicted molar refractivity (Wildman–Crippen MR) is 131 cm³/mol. The minimum atomic E-state index is -0.225. The third-order valence-corrected chi connectivity index (χ3v) is 5.41. The fraction of sp³-hybridized carbons (Fsp3) is 0.333. The van der Waals surface area contributed by atoms with Crippen molar-refractivity contribution in [1.82, 2.24) is 10.3 Å². The van der Waals surface area contributed by atoms with E-state index in [0.29, 0.717) is 36.9 Å². The molecule has 180 valence electrons. The van der Waals surface area contributed by atoms with Crippen molar-refractivity contribution < 1.29 is 23.7 Å². The first kappa shape index (κ1) is 25.1. The molecule has 34 heavy (non-hydrogen) atoms. The van der Waals surface area contributed by atoms with Gasteiger partial charge in [0, 0.05) is 30.6 Å². The Labute approximate surface area is 201 Å². The second-order valence-corrected chi connectivity index (χ2v) is 8.04. The number of benzene rings is 2. The SMILES string of the molecule is COCCOc1ccc(C(C)NC(=O)c2cc(C)c(OCc3cccnc3)c(C)c2)cc1OC. The van der Waals surface area contributed by atoms with E-state index in [1.165, 1.54) is 0 Å². The molecule has 3 aromatic rings. The minimum Gasteiger partial charge on any atom is -0.493 e. The molecule has 0 bridgehead atoms. The number of hydrogen-bond donors (Lipinski definition) is 1. The van der Waals surface area contributed by atoms with Gasteiger partial charge in [-0.2, -0.15) is 0 Å². The highest BCUT2D eigenvalue weighted by Gasteiger charge is 2.16. The van der Waals surface area contributed by atoms with Gasteiger partial charge in [-0.15, -0.1) is 0 Å². The molecule has 0 aliphatic rings. The van der Waals surface area contributed by atoms with Crippen LogP contribution in [0.25, 0.3) is 0 Å². The summed E-state index contributed by atoms with van der Waals surface area (Å²) >= 11 is 0. The zero-order valence-corrected chi connectivity index (χ0v) is 20.4. The van der Waals surface area contributed by atoms with E-state index in [1.54, 1.807) is 26.6 Å². The Morgan fingerprint density at radius 1 is 1.00 bits per heavy atom. The van der Waals surface area contributed by atoms with Crippen molar-refractivity contribution in [1.29, 1.82) is 0 Å². The fourth-order valence-corrected chi connectivity index (χ4v) is 3.62. The number of methoxy groups -OCH3 is 2. The summed E-state index contributed by atoms with van der Waals surface area (Å²) in [6, 6.07) is 13.0. The Morgan fingerprint density at radius 2 is 1.76 bits per heavy atom. The van der Waals surface area contributed by atoms with E-state index in [-0.39, 0.29) is 11.9 Å². The number of carbonyl (C=O) groups is 1. The Kier molecular flexibility index (Phi) is 8.87. The highest BCUT2D eigenvalue weighted by atomic mass is 16.5. The monoisotopic (exact) mass is 464 g/mol. The summed E-state index contributed by atoms with van der Waals surface area (Å²) in [5.74, 6) is 1.87. The molecular formula is C27H32N2O5. The number of pyridine rings is 1. The standard InChI is InChI=1S/C27H32N2O5/c1-18-13-23(14-19(2)26(18)34-17-21-7-6-10-28-16-21)27(30)29-20(3)22-8-9-24(25(15-22)32-5)33-12-11-31-4/h6-10,13-16,20H,11-12,17H2,1-5H3,(H,29,30). The van der Waals surface area contributed by atoms with E-state index < -0.39 is 0 Å². The maximum atomic E-state index is 13.0. The summed E-state index contributed by atoms with van der Waals surface area (Å²) < 4.78 is 22.2. The first-order chi connectivity index (χ1) is 16.4. The lowest BCUT2D eigenvalue weighted by atomic mass is 10.0. The van der Waals surface area contributed by atoms with Crippen molar-refractivity contribution in [2.75, 3.05) is 27.4 Å². The number of carbonyl (C=O) groups excluding carboxylic acids is 1. The van der Waals surface area contributed by atoms with E-state index >= 15 is 0 Å². The van der Waals surface area contributed by atoms with Crippen LogP contribution in [0.2, 0.25) is 0 Å². The quantitative estimate of drug-likeness (QED) is 0.411. The van der Waals surface area contributed by atoms with Crippen molar-refractivity contribution in [3.8, 4) is 17.2 Å². The first-order valence-electron chi connectivity index (χ1n) is 11.2. The molecule has 0 spiro atoms. The third-order valence-electron chi connectivity index (χ3n) is 5.41. The average Bonchev–Trinajstić information content (AvgIpc) is 2.84. The molecule has 0 aliphatic heterocycles. The molecule has 1 amide bonds. The van der Waals surface area contributed by atoms with E-state index in [4.69, 9.17) is 18.9 Å². The van der Waals surface area contributed by atoms with Crippen LogP contribution in [0.3, 0.4) is 0 Å². The zero-order valence-electron chi connectivity index (χ0n) is 20.4. The van der Waals surface area contributed by atoms with Gasteiger partial charge < -0.3 is 24.3 Å². The number of rotatable bonds is 11. The van der Waals surface area contributed by atoms with Crippen LogP contribution >= 0.6 is 0 Å². The van der Waals surface area contributed by atoms with Crippen LogP contribution in [-0.4, -0.2) is 38.3 Å². The number of nitrogens with one attached hydrogen (secondary N) is 1. The van der Waals surface area contributed by atoms with Gasteiger partial charge in [-0.1, -0.05) is 12.1 Å². The number of aromatic nitrogens is 1. The Hall–Kier alpha value is -3.58. The highest BCUT2D eigenvalue weighted by Crippen LogP contribution is 2.31. The van der Waals surface area contributed by atoms with Crippen LogP contribution in [0.15, 0.2) is 54.9 Å². The molecule has 0 saturated carbocycles. The molecule has 3 rings (SSSR count). The molecule has 0 radical (unpaired) electrons. The van der Waals surface area contributed by atoms with Gasteiger partial charge in [0.2, 0.25) is 0 Å². The highest BCUT2D eigenvalue weighted by molar-refractivity contribution is 5.95. The molecule has 7 heteroatoms. The number of amides is 1. The smallest absolute Gasteiger partial charge is 0.251 e. The topological polar surface area (TPSA) is 78.9 Å². The first-order valence-corrected chi connectivity index (χ1v) is 11.2. The number of aryl methyl sites for hydroxylation is 2. The van der Waals surface area contributed by atoms with Crippen LogP contribution in [-0.2, 0) is 11.3 Å². The zero-order chi connectivity index (χ0) is 24.5. The summed E-state index contributed by atoms with van der Waals surface area (Å²) in [6.45, 7) is 7.16. The largest absolute Gasteiger partial charge is 0.493 e. The Balaban J connectivity index is 1.67. The molecule has 1 N–H and O–H groups in total. The molecule has 0 saturated heterocycles. The lowest BCUT2D eigenvalue weighted by Crippen LogP contribution is -2.27. The summed E-state index contributed by atoms with van der Waals surface area (Å²) in [5.41, 5.74) is 4.29. The Morgan fingerprint density at radius 3 is 2.41 bits per heavy atom. The van der Waals surface area contributed by atoms with Crippen LogP contribution in [0, 0.1) is 13.8 Å². The van der Waals surface area contributed by atoms with Gasteiger partial charge in [-0.05, 0) is 67.8 Å². The summed E-state index contributed by atoms with van der Waals surface area (Å²) in [7, 11) is 3.22. The van der Waals surface area contributed by atoms with Gasteiger partial charge in [0.15, 0.2) is 11.5 Å². The van der Waals surface area contributed by atoms with Gasteiger partial charge in [-0.25, -0.2) is 0 Å². The van der Waals surface area contributed by atoms with E-state index in [0.717, 1.165) is 28.0 Å².